The molecule has 22 heavy (non-hydrogen) atoms. The summed E-state index contributed by atoms with van der Waals surface area (Å²) in [6.07, 6.45) is 3.48. The molecule has 1 heterocycles. The topological polar surface area (TPSA) is 96.7 Å². The molecule has 2 atom stereocenters. The first-order valence-electron chi connectivity index (χ1n) is 6.99. The van der Waals surface area contributed by atoms with Gasteiger partial charge >= 0.3 is 6.03 Å². The van der Waals surface area contributed by atoms with Gasteiger partial charge in [0.15, 0.2) is 5.50 Å². The van der Waals surface area contributed by atoms with Gasteiger partial charge in [-0.3, -0.25) is 4.90 Å². The SMILES string of the molecule is CCCC(CNC(=O)N1C=C(N)N=C(N)[C@H]1Cl)[N+](C)(C)C.[I-]. The van der Waals surface area contributed by atoms with Crippen LogP contribution in [0.5, 0.6) is 0 Å². The van der Waals surface area contributed by atoms with Crippen molar-refractivity contribution in [3.05, 3.63) is 12.0 Å². The fourth-order valence-electron chi connectivity index (χ4n) is 2.14. The van der Waals surface area contributed by atoms with Gasteiger partial charge in [0, 0.05) is 6.42 Å². The first-order valence-corrected chi connectivity index (χ1v) is 7.43. The number of likely N-dealkylation sites (N-methyl/N-ethyl adjacent to an activating group) is 1. The highest BCUT2D eigenvalue weighted by molar-refractivity contribution is 6.32. The number of hydrogen-bond donors (Lipinski definition) is 3. The molecule has 0 aromatic heterocycles. The molecule has 0 radical (unpaired) electrons. The molecule has 9 heteroatoms. The third-order valence-corrected chi connectivity index (χ3v) is 3.89. The fourth-order valence-corrected chi connectivity index (χ4v) is 2.33. The second-order valence-corrected chi connectivity index (χ2v) is 6.49. The summed E-state index contributed by atoms with van der Waals surface area (Å²) in [4.78, 5) is 17.3. The second-order valence-electron chi connectivity index (χ2n) is 6.08. The number of amidine groups is 1. The van der Waals surface area contributed by atoms with Crippen molar-refractivity contribution < 1.29 is 33.3 Å². The summed E-state index contributed by atoms with van der Waals surface area (Å²) in [5.41, 5.74) is 10.4. The lowest BCUT2D eigenvalue weighted by Gasteiger charge is -2.35. The largest absolute Gasteiger partial charge is 1.00 e. The van der Waals surface area contributed by atoms with Crippen LogP contribution in [0.3, 0.4) is 0 Å². The van der Waals surface area contributed by atoms with Crippen molar-refractivity contribution in [3.8, 4) is 0 Å². The van der Waals surface area contributed by atoms with E-state index in [-0.39, 0.29) is 41.7 Å². The highest BCUT2D eigenvalue weighted by Gasteiger charge is 2.29. The van der Waals surface area contributed by atoms with Crippen LogP contribution in [-0.4, -0.2) is 60.5 Å². The number of nitrogens with zero attached hydrogens (tertiary/aromatic N) is 3. The van der Waals surface area contributed by atoms with Crippen molar-refractivity contribution in [2.45, 2.75) is 31.3 Å². The third-order valence-electron chi connectivity index (χ3n) is 3.46. The lowest BCUT2D eigenvalue weighted by molar-refractivity contribution is -0.895. The second kappa shape index (κ2) is 8.78. The van der Waals surface area contributed by atoms with Crippen LogP contribution in [-0.2, 0) is 0 Å². The lowest BCUT2D eigenvalue weighted by atomic mass is 10.1. The van der Waals surface area contributed by atoms with Crippen LogP contribution in [0.1, 0.15) is 19.8 Å². The summed E-state index contributed by atoms with van der Waals surface area (Å²) >= 11 is 6.06. The van der Waals surface area contributed by atoms with Crippen LogP contribution in [0, 0.1) is 0 Å². The number of alkyl halides is 1. The van der Waals surface area contributed by atoms with E-state index in [4.69, 9.17) is 23.1 Å². The molecule has 2 amide bonds. The van der Waals surface area contributed by atoms with Gasteiger partial charge in [-0.2, -0.15) is 0 Å². The van der Waals surface area contributed by atoms with E-state index in [1.165, 1.54) is 11.1 Å². The number of hydrogen-bond acceptors (Lipinski definition) is 4. The van der Waals surface area contributed by atoms with E-state index in [9.17, 15) is 4.79 Å². The molecule has 0 aromatic rings. The van der Waals surface area contributed by atoms with E-state index in [2.05, 4.69) is 38.4 Å². The first-order chi connectivity index (χ1) is 9.66. The standard InChI is InChI=1S/C13H25ClN6O.HI/c1-5-6-9(20(2,3)4)7-17-13(21)19-8-10(15)18-12(16)11(19)14;/h8-9,11H,5-7,15H2,1-4H3,(H2-,16,17,18,21);1H/t9?,11-;/m0./s1. The predicted octanol–water partition coefficient (Wildman–Crippen LogP) is -2.43. The Morgan fingerprint density at radius 2 is 2.09 bits per heavy atom. The number of quaternary nitrogens is 1. The Morgan fingerprint density at radius 1 is 1.50 bits per heavy atom. The molecule has 1 aliphatic rings. The van der Waals surface area contributed by atoms with Gasteiger partial charge < -0.3 is 45.2 Å². The minimum absolute atomic E-state index is 0. The van der Waals surface area contributed by atoms with Crippen molar-refractivity contribution in [1.82, 2.24) is 10.2 Å². The molecular formula is C13H26ClIN6O. The zero-order chi connectivity index (χ0) is 16.2. The summed E-state index contributed by atoms with van der Waals surface area (Å²) in [7, 11) is 6.33. The van der Waals surface area contributed by atoms with Gasteiger partial charge in [0.1, 0.15) is 17.7 Å². The van der Waals surface area contributed by atoms with Crippen molar-refractivity contribution >= 4 is 23.5 Å². The van der Waals surface area contributed by atoms with Crippen LogP contribution in [0.4, 0.5) is 4.79 Å². The zero-order valence-electron chi connectivity index (χ0n) is 13.5. The van der Waals surface area contributed by atoms with E-state index in [1.54, 1.807) is 0 Å². The number of nitrogens with two attached hydrogens (primary N) is 2. The Morgan fingerprint density at radius 3 is 2.59 bits per heavy atom. The quantitative estimate of drug-likeness (QED) is 0.190. The summed E-state index contributed by atoms with van der Waals surface area (Å²) in [5.74, 6) is 0.278. The van der Waals surface area contributed by atoms with Crippen molar-refractivity contribution in [1.29, 1.82) is 0 Å². The minimum atomic E-state index is -0.814. The average Bonchev–Trinajstić information content (AvgIpc) is 2.37. The maximum Gasteiger partial charge on any atom is 0.323 e. The molecule has 128 valence electrons. The summed E-state index contributed by atoms with van der Waals surface area (Å²) in [5, 5.41) is 2.89. The monoisotopic (exact) mass is 444 g/mol. The smallest absolute Gasteiger partial charge is 0.323 e. The number of amides is 2. The molecule has 0 saturated heterocycles. The van der Waals surface area contributed by atoms with Gasteiger partial charge in [-0.05, 0) is 0 Å². The normalized spacial score (nSPS) is 19.7. The Kier molecular flexibility index (Phi) is 8.48. The number of nitrogens with one attached hydrogen (secondary N) is 1. The van der Waals surface area contributed by atoms with E-state index in [1.807, 2.05) is 0 Å². The Balaban J connectivity index is 0.00000441. The summed E-state index contributed by atoms with van der Waals surface area (Å²) in [6.45, 7) is 2.69. The molecular weight excluding hydrogens is 419 g/mol. The summed E-state index contributed by atoms with van der Waals surface area (Å²) < 4.78 is 0.778. The van der Waals surface area contributed by atoms with E-state index in [0.717, 1.165) is 17.3 Å². The van der Waals surface area contributed by atoms with Crippen LogP contribution in [0.15, 0.2) is 17.0 Å². The number of halogens is 2. The highest BCUT2D eigenvalue weighted by Crippen LogP contribution is 2.14. The lowest BCUT2D eigenvalue weighted by Crippen LogP contribution is -3.00. The van der Waals surface area contributed by atoms with Crippen molar-refractivity contribution in [2.24, 2.45) is 16.5 Å². The van der Waals surface area contributed by atoms with Gasteiger partial charge in [-0.15, -0.1) is 0 Å². The van der Waals surface area contributed by atoms with Gasteiger partial charge in [0.25, 0.3) is 0 Å². The van der Waals surface area contributed by atoms with Gasteiger partial charge in [-0.1, -0.05) is 24.9 Å². The minimum Gasteiger partial charge on any atom is -1.00 e. The van der Waals surface area contributed by atoms with Crippen LogP contribution >= 0.6 is 11.6 Å². The predicted molar refractivity (Wildman–Crippen MR) is 85.5 cm³/mol. The molecule has 1 aliphatic heterocycles. The summed E-state index contributed by atoms with van der Waals surface area (Å²) in [6, 6.07) is -0.00444. The molecule has 0 saturated carbocycles. The Bertz CT molecular complexity index is 448. The van der Waals surface area contributed by atoms with E-state index in [0.29, 0.717) is 12.6 Å². The molecule has 0 aromatic carbocycles. The van der Waals surface area contributed by atoms with Crippen LogP contribution in [0.2, 0.25) is 0 Å². The molecule has 0 fully saturated rings. The Labute approximate surface area is 154 Å². The van der Waals surface area contributed by atoms with E-state index >= 15 is 0 Å². The first kappa shape index (κ1) is 21.3. The number of rotatable bonds is 5. The number of aliphatic imine (C=N–C) groups is 1. The van der Waals surface area contributed by atoms with Crippen molar-refractivity contribution in [2.75, 3.05) is 27.7 Å². The number of carbonyl (C=O) groups is 1. The number of urea groups is 1. The molecule has 0 aliphatic carbocycles. The number of carbonyl (C=O) groups excluding carboxylic acids is 1. The van der Waals surface area contributed by atoms with Gasteiger partial charge in [0.05, 0.1) is 33.9 Å². The van der Waals surface area contributed by atoms with Gasteiger partial charge in [0.2, 0.25) is 0 Å². The molecule has 7 nitrogen and oxygen atoms in total. The zero-order valence-corrected chi connectivity index (χ0v) is 16.4. The van der Waals surface area contributed by atoms with Gasteiger partial charge in [-0.25, -0.2) is 9.79 Å². The molecule has 1 unspecified atom stereocenters. The Hall–Kier alpha value is -0.740. The maximum atomic E-state index is 12.2. The molecule has 5 N–H and O–H groups in total. The van der Waals surface area contributed by atoms with E-state index < -0.39 is 5.50 Å². The molecule has 0 bridgehead atoms. The maximum absolute atomic E-state index is 12.2. The van der Waals surface area contributed by atoms with Crippen LogP contribution in [0.25, 0.3) is 0 Å². The highest BCUT2D eigenvalue weighted by atomic mass is 127. The fraction of sp³-hybridized carbons (Fsp3) is 0.692. The molecule has 0 spiro atoms. The third kappa shape index (κ3) is 5.81. The van der Waals surface area contributed by atoms with Crippen LogP contribution < -0.4 is 40.8 Å². The van der Waals surface area contributed by atoms with Crippen molar-refractivity contribution in [3.63, 3.8) is 0 Å². The average molecular weight is 445 g/mol. The molecule has 1 rings (SSSR count).